The molecule has 0 radical (unpaired) electrons. The molecule has 0 bridgehead atoms. The van der Waals surface area contributed by atoms with Gasteiger partial charge in [0.2, 0.25) is 0 Å². The monoisotopic (exact) mass is 216 g/mol. The molecular formula is C12H28N2O. The van der Waals surface area contributed by atoms with Gasteiger partial charge in [0.1, 0.15) is 0 Å². The molecular weight excluding hydrogens is 188 g/mol. The summed E-state index contributed by atoms with van der Waals surface area (Å²) in [5, 5.41) is 6.70. The minimum absolute atomic E-state index is 0.242. The van der Waals surface area contributed by atoms with Crippen molar-refractivity contribution in [2.24, 2.45) is 0 Å². The summed E-state index contributed by atoms with van der Waals surface area (Å²) in [7, 11) is 0. The molecule has 92 valence electrons. The van der Waals surface area contributed by atoms with E-state index in [1.807, 2.05) is 0 Å². The van der Waals surface area contributed by atoms with Crippen LogP contribution in [-0.4, -0.2) is 38.4 Å². The van der Waals surface area contributed by atoms with Crippen molar-refractivity contribution in [1.82, 2.24) is 10.6 Å². The second kappa shape index (κ2) is 9.13. The Bertz CT molecular complexity index is 132. The van der Waals surface area contributed by atoms with Crippen LogP contribution >= 0.6 is 0 Å². The molecule has 0 aromatic heterocycles. The first-order valence-electron chi connectivity index (χ1n) is 6.10. The number of ether oxygens (including phenoxy) is 1. The van der Waals surface area contributed by atoms with Crippen LogP contribution in [-0.2, 0) is 4.74 Å². The van der Waals surface area contributed by atoms with Crippen molar-refractivity contribution in [1.29, 1.82) is 0 Å². The lowest BCUT2D eigenvalue weighted by Gasteiger charge is -2.20. The lowest BCUT2D eigenvalue weighted by Crippen LogP contribution is -2.36. The summed E-state index contributed by atoms with van der Waals surface area (Å²) in [6.07, 6.45) is 2.34. The number of unbranched alkanes of at least 4 members (excludes halogenated alkanes) is 1. The van der Waals surface area contributed by atoms with E-state index in [0.717, 1.165) is 39.3 Å². The fraction of sp³-hybridized carbons (Fsp3) is 1.00. The first-order chi connectivity index (χ1) is 7.06. The standard InChI is InChI=1S/C12H28N2O/c1-5-13-9-11-15-10-7-6-8-14-12(2,3)4/h13-14H,5-11H2,1-4H3. The average Bonchev–Trinajstić information content (AvgIpc) is 2.14. The molecule has 0 saturated carbocycles. The minimum Gasteiger partial charge on any atom is -0.380 e. The van der Waals surface area contributed by atoms with Crippen molar-refractivity contribution in [2.45, 2.75) is 46.1 Å². The summed E-state index contributed by atoms with van der Waals surface area (Å²) in [5.41, 5.74) is 0.242. The zero-order valence-corrected chi connectivity index (χ0v) is 10.9. The van der Waals surface area contributed by atoms with E-state index in [1.165, 1.54) is 6.42 Å². The molecule has 0 unspecified atom stereocenters. The molecule has 3 heteroatoms. The van der Waals surface area contributed by atoms with Gasteiger partial charge in [0.15, 0.2) is 0 Å². The Balaban J connectivity index is 2.99. The molecule has 0 aromatic carbocycles. The third kappa shape index (κ3) is 13.9. The molecule has 0 heterocycles. The molecule has 0 amide bonds. The first-order valence-corrected chi connectivity index (χ1v) is 6.10. The summed E-state index contributed by atoms with van der Waals surface area (Å²) in [6.45, 7) is 13.5. The Hall–Kier alpha value is -0.120. The normalized spacial score (nSPS) is 12.0. The van der Waals surface area contributed by atoms with Gasteiger partial charge >= 0.3 is 0 Å². The molecule has 0 fully saturated rings. The third-order valence-electron chi connectivity index (χ3n) is 2.04. The van der Waals surface area contributed by atoms with Crippen molar-refractivity contribution in [3.63, 3.8) is 0 Å². The maximum absolute atomic E-state index is 5.48. The van der Waals surface area contributed by atoms with Crippen molar-refractivity contribution >= 4 is 0 Å². The second-order valence-corrected chi connectivity index (χ2v) is 4.85. The molecule has 0 aromatic rings. The van der Waals surface area contributed by atoms with Crippen LogP contribution in [0.25, 0.3) is 0 Å². The zero-order chi connectivity index (χ0) is 11.6. The number of likely N-dealkylation sites (N-methyl/N-ethyl adjacent to an activating group) is 1. The van der Waals surface area contributed by atoms with Gasteiger partial charge in [0, 0.05) is 18.7 Å². The first kappa shape index (κ1) is 14.9. The molecule has 2 N–H and O–H groups in total. The van der Waals surface area contributed by atoms with Crippen LogP contribution in [0.1, 0.15) is 40.5 Å². The predicted octanol–water partition coefficient (Wildman–Crippen LogP) is 1.78. The lowest BCUT2D eigenvalue weighted by molar-refractivity contribution is 0.132. The highest BCUT2D eigenvalue weighted by Gasteiger charge is 2.06. The van der Waals surface area contributed by atoms with E-state index in [-0.39, 0.29) is 5.54 Å². The van der Waals surface area contributed by atoms with Gasteiger partial charge in [-0.1, -0.05) is 6.92 Å². The van der Waals surface area contributed by atoms with Crippen LogP contribution in [0.5, 0.6) is 0 Å². The van der Waals surface area contributed by atoms with Crippen molar-refractivity contribution in [3.05, 3.63) is 0 Å². The second-order valence-electron chi connectivity index (χ2n) is 4.85. The van der Waals surface area contributed by atoms with E-state index in [0.29, 0.717) is 0 Å². The molecule has 0 spiro atoms. The topological polar surface area (TPSA) is 33.3 Å². The lowest BCUT2D eigenvalue weighted by atomic mass is 10.1. The summed E-state index contributed by atoms with van der Waals surface area (Å²) in [6, 6.07) is 0. The quantitative estimate of drug-likeness (QED) is 0.576. The predicted molar refractivity (Wildman–Crippen MR) is 66.4 cm³/mol. The molecule has 0 saturated heterocycles. The number of hydrogen-bond donors (Lipinski definition) is 2. The Labute approximate surface area is 95.0 Å². The average molecular weight is 216 g/mol. The minimum atomic E-state index is 0.242. The van der Waals surface area contributed by atoms with Gasteiger partial charge in [0.05, 0.1) is 6.61 Å². The van der Waals surface area contributed by atoms with Gasteiger partial charge in [-0.3, -0.25) is 0 Å². The van der Waals surface area contributed by atoms with E-state index in [1.54, 1.807) is 0 Å². The fourth-order valence-electron chi connectivity index (χ4n) is 1.22. The smallest absolute Gasteiger partial charge is 0.0590 e. The molecule has 15 heavy (non-hydrogen) atoms. The van der Waals surface area contributed by atoms with Crippen LogP contribution in [0.4, 0.5) is 0 Å². The van der Waals surface area contributed by atoms with Gasteiger partial charge in [-0.15, -0.1) is 0 Å². The van der Waals surface area contributed by atoms with E-state index >= 15 is 0 Å². The highest BCUT2D eigenvalue weighted by molar-refractivity contribution is 4.69. The van der Waals surface area contributed by atoms with Gasteiger partial charge in [0.25, 0.3) is 0 Å². The Morgan fingerprint density at radius 3 is 2.33 bits per heavy atom. The molecule has 0 aliphatic heterocycles. The number of nitrogens with one attached hydrogen (secondary N) is 2. The van der Waals surface area contributed by atoms with Gasteiger partial charge in [-0.2, -0.15) is 0 Å². The highest BCUT2D eigenvalue weighted by atomic mass is 16.5. The Morgan fingerprint density at radius 1 is 1.00 bits per heavy atom. The van der Waals surface area contributed by atoms with E-state index < -0.39 is 0 Å². The van der Waals surface area contributed by atoms with E-state index in [2.05, 4.69) is 38.3 Å². The summed E-state index contributed by atoms with van der Waals surface area (Å²) in [4.78, 5) is 0. The van der Waals surface area contributed by atoms with Gasteiger partial charge < -0.3 is 15.4 Å². The largest absolute Gasteiger partial charge is 0.380 e. The molecule has 0 aliphatic rings. The molecule has 0 atom stereocenters. The van der Waals surface area contributed by atoms with Crippen molar-refractivity contribution < 1.29 is 4.74 Å². The molecule has 3 nitrogen and oxygen atoms in total. The Morgan fingerprint density at radius 2 is 1.73 bits per heavy atom. The number of rotatable bonds is 9. The third-order valence-corrected chi connectivity index (χ3v) is 2.04. The van der Waals surface area contributed by atoms with Crippen LogP contribution < -0.4 is 10.6 Å². The van der Waals surface area contributed by atoms with Gasteiger partial charge in [-0.25, -0.2) is 0 Å². The molecule has 0 aliphatic carbocycles. The summed E-state index contributed by atoms with van der Waals surface area (Å²) in [5.74, 6) is 0. The SMILES string of the molecule is CCNCCOCCCCNC(C)(C)C. The summed E-state index contributed by atoms with van der Waals surface area (Å²) < 4.78 is 5.48. The van der Waals surface area contributed by atoms with Crippen LogP contribution in [0.15, 0.2) is 0 Å². The fourth-order valence-corrected chi connectivity index (χ4v) is 1.22. The zero-order valence-electron chi connectivity index (χ0n) is 10.9. The summed E-state index contributed by atoms with van der Waals surface area (Å²) >= 11 is 0. The maximum Gasteiger partial charge on any atom is 0.0590 e. The van der Waals surface area contributed by atoms with Crippen molar-refractivity contribution in [2.75, 3.05) is 32.8 Å². The number of hydrogen-bond acceptors (Lipinski definition) is 3. The van der Waals surface area contributed by atoms with Crippen LogP contribution in [0.2, 0.25) is 0 Å². The Kier molecular flexibility index (Phi) is 9.06. The van der Waals surface area contributed by atoms with E-state index in [4.69, 9.17) is 4.74 Å². The van der Waals surface area contributed by atoms with Crippen molar-refractivity contribution in [3.8, 4) is 0 Å². The van der Waals surface area contributed by atoms with Crippen LogP contribution in [0.3, 0.4) is 0 Å². The maximum atomic E-state index is 5.48. The van der Waals surface area contributed by atoms with Gasteiger partial charge in [-0.05, 0) is 46.7 Å². The van der Waals surface area contributed by atoms with Crippen LogP contribution in [0, 0.1) is 0 Å². The molecule has 0 rings (SSSR count). The highest BCUT2D eigenvalue weighted by Crippen LogP contribution is 1.99. The van der Waals surface area contributed by atoms with E-state index in [9.17, 15) is 0 Å².